The van der Waals surface area contributed by atoms with Gasteiger partial charge < -0.3 is 10.1 Å². The fourth-order valence-corrected chi connectivity index (χ4v) is 3.01. The van der Waals surface area contributed by atoms with Gasteiger partial charge in [0.05, 0.1) is 22.7 Å². The lowest BCUT2D eigenvalue weighted by Gasteiger charge is -2.40. The minimum atomic E-state index is -9.86. The minimum absolute atomic E-state index is 0.0756. The highest BCUT2D eigenvalue weighted by Crippen LogP contribution is 3.02. The third kappa shape index (κ3) is 5.75. The summed E-state index contributed by atoms with van der Waals surface area (Å²) in [5.74, 6) is -0.903. The van der Waals surface area contributed by atoms with E-state index in [1.54, 1.807) is 6.07 Å². The molecule has 12 heteroatoms. The molecule has 30 heavy (non-hydrogen) atoms. The summed E-state index contributed by atoms with van der Waals surface area (Å²) < 4.78 is 69.2. The Balaban J connectivity index is 2.16. The van der Waals surface area contributed by atoms with Gasteiger partial charge >= 0.3 is 10.2 Å². The summed E-state index contributed by atoms with van der Waals surface area (Å²) in [6.45, 7) is 0.851. The Morgan fingerprint density at radius 2 is 1.73 bits per heavy atom. The van der Waals surface area contributed by atoms with E-state index < -0.39 is 33.2 Å². The molecular formula is C18H13ClF5N3O2S. The number of carbonyl (C=O) groups is 1. The van der Waals surface area contributed by atoms with Crippen LogP contribution in [0.5, 0.6) is 5.75 Å². The summed E-state index contributed by atoms with van der Waals surface area (Å²) in [4.78, 5) is 10.1. The molecule has 1 atom stereocenters. The van der Waals surface area contributed by atoms with E-state index in [-0.39, 0.29) is 34.0 Å². The average molecular weight is 466 g/mol. The molecule has 0 fully saturated rings. The molecule has 2 rings (SSSR count). The normalized spacial score (nSPS) is 15.5. The Kier molecular flexibility index (Phi) is 5.46. The van der Waals surface area contributed by atoms with E-state index in [1.165, 1.54) is 25.1 Å². The molecule has 2 aromatic rings. The quantitative estimate of drug-likeness (QED) is 0.533. The topological polar surface area (TPSA) is 85.9 Å². The number of nitriles is 2. The van der Waals surface area contributed by atoms with Gasteiger partial charge in [0.25, 0.3) is 5.91 Å². The first kappa shape index (κ1) is 23.3. The van der Waals surface area contributed by atoms with Gasteiger partial charge in [-0.05, 0) is 49.4 Å². The van der Waals surface area contributed by atoms with Crippen LogP contribution < -0.4 is 10.1 Å². The van der Waals surface area contributed by atoms with Crippen LogP contribution in [0.4, 0.5) is 19.4 Å². The summed E-state index contributed by atoms with van der Waals surface area (Å²) in [6, 6.07) is 9.18. The van der Waals surface area contributed by atoms with Crippen LogP contribution in [0.1, 0.15) is 22.8 Å². The lowest BCUT2D eigenvalue weighted by molar-refractivity contribution is 0.0901. The van der Waals surface area contributed by atoms with E-state index in [2.05, 4.69) is 5.32 Å². The zero-order chi connectivity index (χ0) is 22.9. The molecule has 0 aliphatic rings. The molecule has 2 aromatic carbocycles. The van der Waals surface area contributed by atoms with Crippen molar-refractivity contribution in [2.24, 2.45) is 0 Å². The van der Waals surface area contributed by atoms with Crippen LogP contribution in [0.2, 0.25) is 5.02 Å². The van der Waals surface area contributed by atoms with Crippen molar-refractivity contribution in [1.29, 1.82) is 10.5 Å². The minimum Gasteiger partial charge on any atom is -0.488 e. The van der Waals surface area contributed by atoms with Gasteiger partial charge in [-0.15, -0.1) is 0 Å². The van der Waals surface area contributed by atoms with E-state index >= 15 is 0 Å². The number of nitrogens with zero attached hydrogens (tertiary/aromatic N) is 2. The fourth-order valence-electron chi connectivity index (χ4n) is 2.19. The second-order valence-electron chi connectivity index (χ2n) is 6.44. The Bertz CT molecular complexity index is 1080. The van der Waals surface area contributed by atoms with E-state index in [9.17, 15) is 29.5 Å². The fraction of sp³-hybridized carbons (Fsp3) is 0.167. The number of rotatable bonds is 6. The monoisotopic (exact) mass is 465 g/mol. The van der Waals surface area contributed by atoms with E-state index in [4.69, 9.17) is 21.6 Å². The number of hydrogen-bond acceptors (Lipinski definition) is 4. The molecule has 0 bridgehead atoms. The Morgan fingerprint density at radius 1 is 1.13 bits per heavy atom. The van der Waals surface area contributed by atoms with E-state index in [1.807, 2.05) is 6.07 Å². The summed E-state index contributed by atoms with van der Waals surface area (Å²) in [5.41, 5.74) is -1.78. The standard InChI is InChI=1S/C18H13ClF5N3O2S/c1-18(10-26,11-29-16-8-12(9-25)2-7-15(16)19)27-17(28)13-3-5-14(6-4-13)30(20,21,22,23)24/h2-8H,11H2,1H3,(H,27,28)/t18-/m1/s1. The predicted octanol–water partition coefficient (Wildman–Crippen LogP) is 5.96. The molecule has 0 aliphatic heterocycles. The molecule has 0 saturated carbocycles. The highest BCUT2D eigenvalue weighted by Gasteiger charge is 2.65. The number of hydrogen-bond donors (Lipinski definition) is 1. The zero-order valence-corrected chi connectivity index (χ0v) is 16.7. The van der Waals surface area contributed by atoms with Crippen molar-refractivity contribution in [3.05, 3.63) is 58.6 Å². The van der Waals surface area contributed by atoms with Crippen LogP contribution in [0.25, 0.3) is 0 Å². The van der Waals surface area contributed by atoms with Gasteiger partial charge in [-0.3, -0.25) is 4.79 Å². The Morgan fingerprint density at radius 3 is 2.23 bits per heavy atom. The summed E-state index contributed by atoms with van der Waals surface area (Å²) in [6.07, 6.45) is 0. The van der Waals surface area contributed by atoms with Gasteiger partial charge in [0, 0.05) is 5.56 Å². The molecule has 5 nitrogen and oxygen atoms in total. The van der Waals surface area contributed by atoms with E-state index in [0.29, 0.717) is 12.1 Å². The molecule has 0 spiro atoms. The smallest absolute Gasteiger partial charge is 0.310 e. The average Bonchev–Trinajstić information content (AvgIpc) is 2.65. The molecule has 0 aromatic heterocycles. The third-order valence-electron chi connectivity index (χ3n) is 3.77. The second kappa shape index (κ2) is 7.04. The highest BCUT2D eigenvalue weighted by atomic mass is 35.5. The van der Waals surface area contributed by atoms with Crippen molar-refractivity contribution in [3.8, 4) is 17.9 Å². The molecule has 0 heterocycles. The maximum Gasteiger partial charge on any atom is 0.310 e. The Hall–Kier alpha value is -3.02. The van der Waals surface area contributed by atoms with Crippen molar-refractivity contribution < 1.29 is 29.0 Å². The molecule has 0 radical (unpaired) electrons. The summed E-state index contributed by atoms with van der Waals surface area (Å²) in [7, 11) is -9.86. The number of carbonyl (C=O) groups excluding carboxylic acids is 1. The van der Waals surface area contributed by atoms with Gasteiger partial charge in [-0.2, -0.15) is 10.5 Å². The zero-order valence-electron chi connectivity index (χ0n) is 15.1. The van der Waals surface area contributed by atoms with Crippen molar-refractivity contribution in [3.63, 3.8) is 0 Å². The first-order valence-electron chi connectivity index (χ1n) is 7.97. The molecule has 1 N–H and O–H groups in total. The van der Waals surface area contributed by atoms with Gasteiger partial charge in [-0.25, -0.2) is 0 Å². The SMILES string of the molecule is C[C@@](C#N)(COc1cc(C#N)ccc1Cl)NC(=O)c1ccc(S(F)(F)(F)(F)F)cc1. The van der Waals surface area contributed by atoms with Crippen LogP contribution in [0.3, 0.4) is 0 Å². The van der Waals surface area contributed by atoms with Gasteiger partial charge in [-0.1, -0.05) is 31.0 Å². The number of nitrogens with one attached hydrogen (secondary N) is 1. The van der Waals surface area contributed by atoms with Crippen molar-refractivity contribution in [2.45, 2.75) is 17.4 Å². The lowest BCUT2D eigenvalue weighted by Crippen LogP contribution is -2.49. The molecule has 0 saturated heterocycles. The van der Waals surface area contributed by atoms with Crippen LogP contribution in [-0.2, 0) is 0 Å². The van der Waals surface area contributed by atoms with Crippen LogP contribution in [-0.4, -0.2) is 18.1 Å². The maximum absolute atomic E-state index is 12.8. The largest absolute Gasteiger partial charge is 0.488 e. The lowest BCUT2D eigenvalue weighted by atomic mass is 10.1. The third-order valence-corrected chi connectivity index (χ3v) is 5.25. The number of halogens is 6. The molecular weight excluding hydrogens is 453 g/mol. The second-order valence-corrected chi connectivity index (χ2v) is 9.25. The summed E-state index contributed by atoms with van der Waals surface area (Å²) >= 11 is 5.95. The van der Waals surface area contributed by atoms with Crippen LogP contribution in [0, 0.1) is 22.7 Å². The first-order chi connectivity index (χ1) is 13.6. The van der Waals surface area contributed by atoms with E-state index in [0.717, 1.165) is 0 Å². The van der Waals surface area contributed by atoms with Gasteiger partial charge in [0.2, 0.25) is 0 Å². The molecule has 1 amide bonds. The highest BCUT2D eigenvalue weighted by molar-refractivity contribution is 8.45. The van der Waals surface area contributed by atoms with Crippen LogP contribution in [0.15, 0.2) is 47.4 Å². The predicted molar refractivity (Wildman–Crippen MR) is 101 cm³/mol. The van der Waals surface area contributed by atoms with Gasteiger partial charge in [0.1, 0.15) is 17.3 Å². The molecule has 0 aliphatic carbocycles. The van der Waals surface area contributed by atoms with Crippen molar-refractivity contribution in [1.82, 2.24) is 5.32 Å². The first-order valence-corrected chi connectivity index (χ1v) is 10.3. The van der Waals surface area contributed by atoms with Crippen molar-refractivity contribution in [2.75, 3.05) is 6.61 Å². The molecule has 160 valence electrons. The Labute approximate surface area is 173 Å². The van der Waals surface area contributed by atoms with Crippen molar-refractivity contribution >= 4 is 27.7 Å². The van der Waals surface area contributed by atoms with Crippen LogP contribution >= 0.6 is 21.8 Å². The number of ether oxygens (including phenoxy) is 1. The summed E-state index contributed by atoms with van der Waals surface area (Å²) in [5, 5.41) is 20.7. The van der Waals surface area contributed by atoms with Gasteiger partial charge in [0.15, 0.2) is 5.54 Å². The maximum atomic E-state index is 12.8. The number of amides is 1. The molecule has 0 unspecified atom stereocenters. The number of benzene rings is 2.